The Morgan fingerprint density at radius 3 is 2.30 bits per heavy atom. The van der Waals surface area contributed by atoms with E-state index >= 15 is 0 Å². The lowest BCUT2D eigenvalue weighted by Crippen LogP contribution is -2.29. The number of ketones is 1. The van der Waals surface area contributed by atoms with Crippen LogP contribution >= 0.6 is 23.2 Å². The molecule has 1 unspecified atom stereocenters. The molecule has 0 saturated carbocycles. The van der Waals surface area contributed by atoms with Gasteiger partial charge in [0.1, 0.15) is 29.1 Å². The van der Waals surface area contributed by atoms with Gasteiger partial charge in [-0.25, -0.2) is 0 Å². The smallest absolute Gasteiger partial charge is 0.300 e. The molecule has 3 aromatic rings. The van der Waals surface area contributed by atoms with Crippen LogP contribution < -0.4 is 14.4 Å². The second kappa shape index (κ2) is 8.84. The number of carbonyl (C=O) groups is 2. The number of nitrogens with zero attached hydrogens (tertiary/aromatic N) is 1. The number of hydrogen-bond acceptors (Lipinski definition) is 6. The summed E-state index contributed by atoms with van der Waals surface area (Å²) in [6.07, 6.45) is 0. The van der Waals surface area contributed by atoms with Crippen molar-refractivity contribution in [2.24, 2.45) is 0 Å². The predicted octanol–water partition coefficient (Wildman–Crippen LogP) is 5.54. The Balaban J connectivity index is 1.95. The van der Waals surface area contributed by atoms with Gasteiger partial charge in [0.25, 0.3) is 11.7 Å². The zero-order valence-corrected chi connectivity index (χ0v) is 19.4. The summed E-state index contributed by atoms with van der Waals surface area (Å²) in [5.74, 6) is -0.530. The molecule has 7 nitrogen and oxygen atoms in total. The summed E-state index contributed by atoms with van der Waals surface area (Å²) >= 11 is 12.5. The molecule has 0 spiro atoms. The average molecular weight is 488 g/mol. The third-order valence-corrected chi connectivity index (χ3v) is 5.84. The fraction of sp³-hybridized carbons (Fsp3) is 0.167. The van der Waals surface area contributed by atoms with Crippen molar-refractivity contribution in [3.8, 4) is 11.5 Å². The van der Waals surface area contributed by atoms with Gasteiger partial charge in [0.2, 0.25) is 0 Å². The molecular weight excluding hydrogens is 469 g/mol. The Hall–Kier alpha value is -3.42. The molecule has 9 heteroatoms. The minimum absolute atomic E-state index is 0.138. The van der Waals surface area contributed by atoms with E-state index in [1.54, 1.807) is 43.3 Å². The fourth-order valence-electron chi connectivity index (χ4n) is 3.78. The molecule has 1 aliphatic heterocycles. The Morgan fingerprint density at radius 1 is 1.03 bits per heavy atom. The van der Waals surface area contributed by atoms with E-state index in [0.29, 0.717) is 23.0 Å². The zero-order valence-electron chi connectivity index (χ0n) is 17.9. The Labute approximate surface area is 199 Å². The van der Waals surface area contributed by atoms with Gasteiger partial charge in [-0.15, -0.1) is 0 Å². The van der Waals surface area contributed by atoms with E-state index in [4.69, 9.17) is 37.1 Å². The number of amides is 1. The minimum atomic E-state index is -1.02. The molecule has 1 aliphatic rings. The summed E-state index contributed by atoms with van der Waals surface area (Å²) in [5, 5.41) is 11.5. The first-order chi connectivity index (χ1) is 15.8. The maximum atomic E-state index is 13.2. The van der Waals surface area contributed by atoms with E-state index in [0.717, 1.165) is 0 Å². The van der Waals surface area contributed by atoms with E-state index < -0.39 is 23.5 Å². The van der Waals surface area contributed by atoms with Crippen LogP contribution in [0.2, 0.25) is 10.0 Å². The van der Waals surface area contributed by atoms with E-state index in [1.807, 2.05) is 0 Å². The number of carbonyl (C=O) groups excluding carboxylic acids is 2. The van der Waals surface area contributed by atoms with Gasteiger partial charge in [0, 0.05) is 17.3 Å². The van der Waals surface area contributed by atoms with Crippen LogP contribution in [0.3, 0.4) is 0 Å². The Morgan fingerprint density at radius 2 is 1.73 bits per heavy atom. The van der Waals surface area contributed by atoms with Gasteiger partial charge in [0.05, 0.1) is 29.8 Å². The number of anilines is 1. The number of ether oxygens (including phenoxy) is 2. The first-order valence-corrected chi connectivity index (χ1v) is 10.6. The first kappa shape index (κ1) is 22.8. The lowest BCUT2D eigenvalue weighted by atomic mass is 9.99. The highest BCUT2D eigenvalue weighted by atomic mass is 35.5. The van der Waals surface area contributed by atoms with E-state index in [2.05, 4.69) is 0 Å². The lowest BCUT2D eigenvalue weighted by Gasteiger charge is -2.23. The average Bonchev–Trinajstić information content (AvgIpc) is 3.34. The molecule has 2 heterocycles. The molecule has 1 amide bonds. The van der Waals surface area contributed by atoms with Gasteiger partial charge >= 0.3 is 0 Å². The Kier molecular flexibility index (Phi) is 6.10. The van der Waals surface area contributed by atoms with Crippen LogP contribution in [0.5, 0.6) is 11.5 Å². The maximum Gasteiger partial charge on any atom is 0.300 e. The highest BCUT2D eigenvalue weighted by molar-refractivity contribution is 6.51. The van der Waals surface area contributed by atoms with Crippen LogP contribution in [0.25, 0.3) is 5.76 Å². The van der Waals surface area contributed by atoms with Crippen LogP contribution in [-0.2, 0) is 9.59 Å². The van der Waals surface area contributed by atoms with E-state index in [-0.39, 0.29) is 26.9 Å². The van der Waals surface area contributed by atoms with Gasteiger partial charge in [-0.05, 0) is 43.3 Å². The summed E-state index contributed by atoms with van der Waals surface area (Å²) in [6, 6.07) is 11.9. The second-order valence-corrected chi connectivity index (χ2v) is 8.11. The van der Waals surface area contributed by atoms with Gasteiger partial charge in [-0.1, -0.05) is 29.3 Å². The van der Waals surface area contributed by atoms with Crippen molar-refractivity contribution >= 4 is 46.3 Å². The monoisotopic (exact) mass is 487 g/mol. The molecule has 1 N–H and O–H groups in total. The standard InChI is InChI=1S/C24H19Cl2NO6/c1-12-7-8-18(33-12)20-19(21(28)13-9-16(25)23(32-3)17(26)10-13)22(29)24(30)27(20)14-5-4-6-15(11-14)31-2/h4-11,20,28H,1-3H3/b21-19-. The number of aryl methyl sites for hydroxylation is 1. The van der Waals surface area contributed by atoms with E-state index in [9.17, 15) is 14.7 Å². The molecule has 170 valence electrons. The van der Waals surface area contributed by atoms with Crippen molar-refractivity contribution in [1.29, 1.82) is 0 Å². The molecule has 1 aromatic heterocycles. The number of aliphatic hydroxyl groups excluding tert-OH is 1. The van der Waals surface area contributed by atoms with Crippen LogP contribution in [0.1, 0.15) is 23.1 Å². The van der Waals surface area contributed by atoms with Crippen LogP contribution in [0.15, 0.2) is 58.5 Å². The Bertz CT molecular complexity index is 1270. The van der Waals surface area contributed by atoms with Crippen molar-refractivity contribution in [3.05, 3.63) is 81.2 Å². The molecule has 1 saturated heterocycles. The molecule has 0 radical (unpaired) electrons. The first-order valence-electron chi connectivity index (χ1n) is 9.81. The van der Waals surface area contributed by atoms with Gasteiger partial charge in [-0.3, -0.25) is 14.5 Å². The van der Waals surface area contributed by atoms with Crippen molar-refractivity contribution in [3.63, 3.8) is 0 Å². The number of aliphatic hydroxyl groups is 1. The number of Topliss-reactive ketones (excluding diaryl/α,β-unsaturated/α-hetero) is 1. The summed E-state index contributed by atoms with van der Waals surface area (Å²) < 4.78 is 16.2. The van der Waals surface area contributed by atoms with Crippen molar-refractivity contribution in [2.75, 3.05) is 19.1 Å². The van der Waals surface area contributed by atoms with Gasteiger partial charge in [0.15, 0.2) is 5.75 Å². The molecule has 2 aromatic carbocycles. The molecule has 1 atom stereocenters. The number of rotatable bonds is 5. The third-order valence-electron chi connectivity index (χ3n) is 5.28. The summed E-state index contributed by atoms with van der Waals surface area (Å²) in [5.41, 5.74) is 0.400. The molecule has 33 heavy (non-hydrogen) atoms. The predicted molar refractivity (Wildman–Crippen MR) is 124 cm³/mol. The SMILES string of the molecule is COc1cccc(N2C(=O)C(=O)/C(=C(\O)c3cc(Cl)c(OC)c(Cl)c3)C2c2ccc(C)o2)c1. The number of benzene rings is 2. The highest BCUT2D eigenvalue weighted by Gasteiger charge is 2.48. The number of methoxy groups -OCH3 is 2. The van der Waals surface area contributed by atoms with Crippen LogP contribution in [-0.4, -0.2) is 31.0 Å². The van der Waals surface area contributed by atoms with Gasteiger partial charge < -0.3 is 19.0 Å². The van der Waals surface area contributed by atoms with Gasteiger partial charge in [-0.2, -0.15) is 0 Å². The summed E-state index contributed by atoms with van der Waals surface area (Å²) in [6.45, 7) is 1.74. The number of halogens is 2. The molecule has 0 bridgehead atoms. The normalized spacial score (nSPS) is 17.5. The second-order valence-electron chi connectivity index (χ2n) is 7.29. The topological polar surface area (TPSA) is 89.2 Å². The van der Waals surface area contributed by atoms with Crippen molar-refractivity contribution in [1.82, 2.24) is 0 Å². The van der Waals surface area contributed by atoms with Crippen molar-refractivity contribution < 1.29 is 28.6 Å². The highest BCUT2D eigenvalue weighted by Crippen LogP contribution is 2.44. The number of furan rings is 1. The quantitative estimate of drug-likeness (QED) is 0.288. The largest absolute Gasteiger partial charge is 0.507 e. The zero-order chi connectivity index (χ0) is 23.9. The van der Waals surface area contributed by atoms with E-state index in [1.165, 1.54) is 31.3 Å². The van der Waals surface area contributed by atoms with Crippen molar-refractivity contribution in [2.45, 2.75) is 13.0 Å². The molecule has 4 rings (SSSR count). The van der Waals surface area contributed by atoms with Crippen LogP contribution in [0.4, 0.5) is 5.69 Å². The van der Waals surface area contributed by atoms with Crippen LogP contribution in [0, 0.1) is 6.92 Å². The minimum Gasteiger partial charge on any atom is -0.507 e. The molecule has 0 aliphatic carbocycles. The summed E-state index contributed by atoms with van der Waals surface area (Å²) in [7, 11) is 2.91. The number of hydrogen-bond donors (Lipinski definition) is 1. The third kappa shape index (κ3) is 3.94. The maximum absolute atomic E-state index is 13.2. The molecule has 1 fully saturated rings. The summed E-state index contributed by atoms with van der Waals surface area (Å²) in [4.78, 5) is 27.6. The lowest BCUT2D eigenvalue weighted by molar-refractivity contribution is -0.132. The molecular formula is C24H19Cl2NO6. The fourth-order valence-corrected chi connectivity index (χ4v) is 4.42.